The second-order valence-corrected chi connectivity index (χ2v) is 7.70. The Bertz CT molecular complexity index is 1310. The summed E-state index contributed by atoms with van der Waals surface area (Å²) in [5, 5.41) is 22.5. The molecule has 0 saturated carbocycles. The smallest absolute Gasteiger partial charge is 0.271 e. The van der Waals surface area contributed by atoms with E-state index in [4.69, 9.17) is 4.74 Å². The molecule has 160 valence electrons. The van der Waals surface area contributed by atoms with E-state index in [1.54, 1.807) is 11.7 Å². The number of ether oxygens (including phenoxy) is 1. The van der Waals surface area contributed by atoms with E-state index >= 15 is 0 Å². The number of nitrogens with one attached hydrogen (secondary N) is 3. The molecule has 11 heteroatoms. The Balaban J connectivity index is 1.73. The molecule has 1 aromatic carbocycles. The molecule has 1 aliphatic rings. The van der Waals surface area contributed by atoms with Crippen molar-refractivity contribution < 1.29 is 9.53 Å². The van der Waals surface area contributed by atoms with Crippen molar-refractivity contribution in [2.75, 3.05) is 17.7 Å². The van der Waals surface area contributed by atoms with Crippen LogP contribution < -0.4 is 16.0 Å². The van der Waals surface area contributed by atoms with Crippen LogP contribution in [0.1, 0.15) is 29.9 Å². The van der Waals surface area contributed by atoms with Crippen LogP contribution in [0.25, 0.3) is 16.7 Å². The second-order valence-electron chi connectivity index (χ2n) is 7.70. The Kier molecular flexibility index (Phi) is 4.47. The van der Waals surface area contributed by atoms with Crippen molar-refractivity contribution >= 4 is 39.8 Å². The zero-order valence-corrected chi connectivity index (χ0v) is 17.7. The largest absolute Gasteiger partial charge is 0.385 e. The first kappa shape index (κ1) is 19.2. The van der Waals surface area contributed by atoms with Crippen LogP contribution in [-0.2, 0) is 18.4 Å². The van der Waals surface area contributed by atoms with Gasteiger partial charge in [-0.3, -0.25) is 4.79 Å². The summed E-state index contributed by atoms with van der Waals surface area (Å²) in [7, 11) is 3.65. The highest BCUT2D eigenvalue weighted by molar-refractivity contribution is 5.94. The molecule has 2 atom stereocenters. The highest BCUT2D eigenvalue weighted by Gasteiger charge is 2.22. The van der Waals surface area contributed by atoms with E-state index in [-0.39, 0.29) is 18.1 Å². The van der Waals surface area contributed by atoms with Gasteiger partial charge in [-0.05, 0) is 31.5 Å². The lowest BCUT2D eigenvalue weighted by atomic mass is 10.1. The predicted octanol–water partition coefficient (Wildman–Crippen LogP) is 1.83. The lowest BCUT2D eigenvalue weighted by Crippen LogP contribution is -2.41. The number of amides is 1. The monoisotopic (exact) mass is 421 g/mol. The van der Waals surface area contributed by atoms with Gasteiger partial charge < -0.3 is 20.7 Å². The molecule has 0 spiro atoms. The summed E-state index contributed by atoms with van der Waals surface area (Å²) in [4.78, 5) is 17.3. The molecule has 5 rings (SSSR count). The van der Waals surface area contributed by atoms with Gasteiger partial charge in [0.05, 0.1) is 41.8 Å². The number of hydrogen-bond donors (Lipinski definition) is 3. The lowest BCUT2D eigenvalue weighted by molar-refractivity contribution is 0.0302. The minimum Gasteiger partial charge on any atom is -0.385 e. The maximum Gasteiger partial charge on any atom is 0.271 e. The van der Waals surface area contributed by atoms with Crippen molar-refractivity contribution in [3.63, 3.8) is 0 Å². The van der Waals surface area contributed by atoms with Gasteiger partial charge in [0, 0.05) is 20.2 Å². The minimum absolute atomic E-state index is 0.209. The number of hydrogen-bond acceptors (Lipinski definition) is 8. The molecule has 4 aromatic rings. The van der Waals surface area contributed by atoms with Crippen LogP contribution >= 0.6 is 0 Å². The third kappa shape index (κ3) is 3.22. The standard InChI is InChI=1S/C20H23N9O2/c1-10-11(2)31-9-12-5-13(18-15(6-12)28(4)27-25-18)24-17-7-14(21-3)19-22-8-16(20(30)23-10)29(19)26-17/h5-8,10-11,21H,9H2,1-4H3,(H,23,30)(H,24,26)/t10-,11-/m1/s1. The van der Waals surface area contributed by atoms with Crippen LogP contribution in [0.5, 0.6) is 0 Å². The quantitative estimate of drug-likeness (QED) is 0.425. The van der Waals surface area contributed by atoms with E-state index < -0.39 is 0 Å². The molecule has 0 aliphatic carbocycles. The molecule has 11 nitrogen and oxygen atoms in total. The topological polar surface area (TPSA) is 123 Å². The number of nitrogens with zero attached hydrogens (tertiary/aromatic N) is 6. The van der Waals surface area contributed by atoms with Crippen molar-refractivity contribution in [1.82, 2.24) is 34.9 Å². The molecular weight excluding hydrogens is 398 g/mol. The number of aryl methyl sites for hydroxylation is 1. The van der Waals surface area contributed by atoms with E-state index in [0.29, 0.717) is 23.8 Å². The number of benzene rings is 1. The molecule has 0 unspecified atom stereocenters. The van der Waals surface area contributed by atoms with E-state index in [0.717, 1.165) is 28.0 Å². The first-order valence-corrected chi connectivity index (χ1v) is 10.0. The number of aromatic nitrogens is 6. The summed E-state index contributed by atoms with van der Waals surface area (Å²) in [6.07, 6.45) is 1.31. The van der Waals surface area contributed by atoms with Crippen LogP contribution in [0, 0.1) is 0 Å². The summed E-state index contributed by atoms with van der Waals surface area (Å²) in [5.41, 5.74) is 4.94. The van der Waals surface area contributed by atoms with Gasteiger partial charge in [0.1, 0.15) is 5.52 Å². The number of imidazole rings is 1. The Hall–Kier alpha value is -3.73. The van der Waals surface area contributed by atoms with Gasteiger partial charge in [-0.1, -0.05) is 5.21 Å². The zero-order chi connectivity index (χ0) is 21.7. The molecule has 0 radical (unpaired) electrons. The van der Waals surface area contributed by atoms with Crippen LogP contribution in [0.3, 0.4) is 0 Å². The summed E-state index contributed by atoms with van der Waals surface area (Å²) in [6, 6.07) is 5.61. The Labute approximate surface area is 177 Å². The van der Waals surface area contributed by atoms with Gasteiger partial charge in [0.25, 0.3) is 5.91 Å². The van der Waals surface area contributed by atoms with Crippen molar-refractivity contribution in [2.24, 2.45) is 7.05 Å². The molecule has 3 aromatic heterocycles. The number of anilines is 3. The van der Waals surface area contributed by atoms with Gasteiger partial charge in [-0.15, -0.1) is 10.2 Å². The van der Waals surface area contributed by atoms with Gasteiger partial charge in [-0.2, -0.15) is 0 Å². The van der Waals surface area contributed by atoms with E-state index in [2.05, 4.69) is 36.3 Å². The maximum atomic E-state index is 12.9. The summed E-state index contributed by atoms with van der Waals surface area (Å²) < 4.78 is 9.31. The zero-order valence-electron chi connectivity index (χ0n) is 17.7. The fourth-order valence-electron chi connectivity index (χ4n) is 3.64. The lowest BCUT2D eigenvalue weighted by Gasteiger charge is -2.22. The van der Waals surface area contributed by atoms with Gasteiger partial charge in [0.15, 0.2) is 17.2 Å². The molecule has 3 N–H and O–H groups in total. The molecule has 1 aliphatic heterocycles. The molecule has 1 amide bonds. The average molecular weight is 421 g/mol. The third-order valence-electron chi connectivity index (χ3n) is 5.59. The fraction of sp³-hybridized carbons (Fsp3) is 0.350. The summed E-state index contributed by atoms with van der Waals surface area (Å²) in [6.45, 7) is 4.23. The third-order valence-corrected chi connectivity index (χ3v) is 5.59. The van der Waals surface area contributed by atoms with Crippen molar-refractivity contribution in [3.8, 4) is 0 Å². The summed E-state index contributed by atoms with van der Waals surface area (Å²) >= 11 is 0. The van der Waals surface area contributed by atoms with E-state index in [1.165, 1.54) is 10.7 Å². The first-order chi connectivity index (χ1) is 14.9. The van der Waals surface area contributed by atoms with Crippen molar-refractivity contribution in [1.29, 1.82) is 0 Å². The van der Waals surface area contributed by atoms with E-state index in [9.17, 15) is 4.79 Å². The van der Waals surface area contributed by atoms with Gasteiger partial charge in [0.2, 0.25) is 0 Å². The maximum absolute atomic E-state index is 12.9. The first-order valence-electron chi connectivity index (χ1n) is 10.0. The summed E-state index contributed by atoms with van der Waals surface area (Å²) in [5.74, 6) is 0.265. The highest BCUT2D eigenvalue weighted by Crippen LogP contribution is 2.29. The second kappa shape index (κ2) is 7.20. The van der Waals surface area contributed by atoms with Gasteiger partial charge >= 0.3 is 0 Å². The Morgan fingerprint density at radius 1 is 1.26 bits per heavy atom. The number of carbonyl (C=O) groups is 1. The molecular formula is C20H23N9O2. The fourth-order valence-corrected chi connectivity index (χ4v) is 3.64. The predicted molar refractivity (Wildman–Crippen MR) is 116 cm³/mol. The van der Waals surface area contributed by atoms with Crippen LogP contribution in [-0.4, -0.2) is 54.7 Å². The number of rotatable bonds is 1. The number of fused-ring (bicyclic) bond motifs is 5. The van der Waals surface area contributed by atoms with E-state index in [1.807, 2.05) is 39.1 Å². The number of carbonyl (C=O) groups excluding carboxylic acids is 1. The van der Waals surface area contributed by atoms with Crippen LogP contribution in [0.4, 0.5) is 17.2 Å². The Morgan fingerprint density at radius 2 is 2.10 bits per heavy atom. The van der Waals surface area contributed by atoms with Crippen molar-refractivity contribution in [2.45, 2.75) is 32.6 Å². The average Bonchev–Trinajstić information content (AvgIpc) is 3.35. The van der Waals surface area contributed by atoms with Crippen LogP contribution in [0.15, 0.2) is 24.4 Å². The molecule has 0 fully saturated rings. The van der Waals surface area contributed by atoms with Crippen LogP contribution in [0.2, 0.25) is 0 Å². The highest BCUT2D eigenvalue weighted by atomic mass is 16.5. The SMILES string of the molecule is CNc1cc2nn3c(cnc13)C(=O)N[C@H](C)[C@@H](C)OCc1cc(c3nnn(C)c3c1)N2. The molecule has 4 bridgehead atoms. The van der Waals surface area contributed by atoms with Crippen molar-refractivity contribution in [3.05, 3.63) is 35.7 Å². The molecule has 0 saturated heterocycles. The molecule has 31 heavy (non-hydrogen) atoms. The minimum atomic E-state index is -0.269. The molecule has 4 heterocycles. The normalized spacial score (nSPS) is 19.3. The van der Waals surface area contributed by atoms with Gasteiger partial charge in [-0.25, -0.2) is 14.2 Å². The Morgan fingerprint density at radius 3 is 2.90 bits per heavy atom.